The molecule has 0 aliphatic carbocycles. The van der Waals surface area contributed by atoms with E-state index in [0.29, 0.717) is 0 Å². The highest BCUT2D eigenvalue weighted by Gasteiger charge is 1.94. The molecule has 0 heterocycles. The van der Waals surface area contributed by atoms with Gasteiger partial charge in [-0.05, 0) is 12.8 Å². The predicted octanol–water partition coefficient (Wildman–Crippen LogP) is 7.37. The second-order valence-electron chi connectivity index (χ2n) is 7.02. The van der Waals surface area contributed by atoms with Crippen molar-refractivity contribution >= 4 is 5.97 Å². The minimum Gasteiger partial charge on any atom is -0.466 e. The SMILES string of the molecule is CCCCCCCCCCCCCCCCCCC=CC(=O)OC. The first kappa shape index (κ1) is 23.2. The molecule has 0 saturated carbocycles. The van der Waals surface area contributed by atoms with Gasteiger partial charge in [0.2, 0.25) is 0 Å². The van der Waals surface area contributed by atoms with Gasteiger partial charge in [-0.25, -0.2) is 4.79 Å². The van der Waals surface area contributed by atoms with Crippen LogP contribution < -0.4 is 0 Å². The Hall–Kier alpha value is -0.790. The van der Waals surface area contributed by atoms with E-state index in [0.717, 1.165) is 6.42 Å². The first-order valence-electron chi connectivity index (χ1n) is 10.6. The molecule has 0 spiro atoms. The third kappa shape index (κ3) is 19.3. The summed E-state index contributed by atoms with van der Waals surface area (Å²) < 4.78 is 4.56. The van der Waals surface area contributed by atoms with E-state index in [1.807, 2.05) is 6.08 Å². The molecule has 0 atom stereocenters. The highest BCUT2D eigenvalue weighted by Crippen LogP contribution is 2.14. The third-order valence-corrected chi connectivity index (χ3v) is 4.68. The molecule has 0 N–H and O–H groups in total. The standard InChI is InChI=1S/C22H42O2/c1-3-4-5-6-7-8-9-10-11-12-13-14-15-16-17-18-19-20-21-22(23)24-2/h20-21H,3-19H2,1-2H3. The van der Waals surface area contributed by atoms with Gasteiger partial charge in [-0.3, -0.25) is 0 Å². The van der Waals surface area contributed by atoms with E-state index in [4.69, 9.17) is 0 Å². The largest absolute Gasteiger partial charge is 0.466 e. The third-order valence-electron chi connectivity index (χ3n) is 4.68. The Labute approximate surface area is 151 Å². The molecule has 0 aliphatic rings. The molecule has 0 saturated heterocycles. The summed E-state index contributed by atoms with van der Waals surface area (Å²) in [6.45, 7) is 2.28. The molecule has 0 radical (unpaired) electrons. The van der Waals surface area contributed by atoms with E-state index in [1.165, 1.54) is 116 Å². The second kappa shape index (κ2) is 20.3. The predicted molar refractivity (Wildman–Crippen MR) is 105 cm³/mol. The van der Waals surface area contributed by atoms with Gasteiger partial charge in [-0.2, -0.15) is 0 Å². The maximum atomic E-state index is 10.9. The lowest BCUT2D eigenvalue weighted by Gasteiger charge is -2.03. The summed E-state index contributed by atoms with van der Waals surface area (Å²) in [6, 6.07) is 0. The summed E-state index contributed by atoms with van der Waals surface area (Å²) in [7, 11) is 1.42. The number of rotatable bonds is 18. The molecule has 2 nitrogen and oxygen atoms in total. The monoisotopic (exact) mass is 338 g/mol. The highest BCUT2D eigenvalue weighted by molar-refractivity contribution is 5.81. The molecule has 0 aromatic rings. The van der Waals surface area contributed by atoms with Crippen molar-refractivity contribution in [3.05, 3.63) is 12.2 Å². The van der Waals surface area contributed by atoms with Crippen molar-refractivity contribution in [1.29, 1.82) is 0 Å². The van der Waals surface area contributed by atoms with Gasteiger partial charge in [-0.15, -0.1) is 0 Å². The summed E-state index contributed by atoms with van der Waals surface area (Å²) in [5, 5.41) is 0. The van der Waals surface area contributed by atoms with Crippen molar-refractivity contribution in [1.82, 2.24) is 0 Å². The lowest BCUT2D eigenvalue weighted by atomic mass is 10.0. The Morgan fingerprint density at radius 2 is 1.04 bits per heavy atom. The van der Waals surface area contributed by atoms with Gasteiger partial charge < -0.3 is 4.74 Å². The zero-order chi connectivity index (χ0) is 17.7. The van der Waals surface area contributed by atoms with E-state index >= 15 is 0 Å². The quantitative estimate of drug-likeness (QED) is 0.148. The number of methoxy groups -OCH3 is 1. The maximum Gasteiger partial charge on any atom is 0.330 e. The van der Waals surface area contributed by atoms with E-state index in [-0.39, 0.29) is 5.97 Å². The van der Waals surface area contributed by atoms with E-state index in [1.54, 1.807) is 0 Å². The van der Waals surface area contributed by atoms with E-state index < -0.39 is 0 Å². The lowest BCUT2D eigenvalue weighted by molar-refractivity contribution is -0.134. The Kier molecular flexibility index (Phi) is 19.6. The van der Waals surface area contributed by atoms with Crippen LogP contribution in [0.1, 0.15) is 116 Å². The van der Waals surface area contributed by atoms with Crippen LogP contribution in [0.2, 0.25) is 0 Å². The summed E-state index contributed by atoms with van der Waals surface area (Å²) in [4.78, 5) is 10.9. The molecule has 0 bridgehead atoms. The summed E-state index contributed by atoms with van der Waals surface area (Å²) in [5.41, 5.74) is 0. The first-order chi connectivity index (χ1) is 11.8. The van der Waals surface area contributed by atoms with Crippen LogP contribution in [0.15, 0.2) is 12.2 Å². The zero-order valence-corrected chi connectivity index (χ0v) is 16.5. The molecule has 142 valence electrons. The molecule has 0 aromatic carbocycles. The number of ether oxygens (including phenoxy) is 1. The van der Waals surface area contributed by atoms with Gasteiger partial charge in [0.25, 0.3) is 0 Å². The number of esters is 1. The molecule has 24 heavy (non-hydrogen) atoms. The average molecular weight is 339 g/mol. The van der Waals surface area contributed by atoms with Gasteiger partial charge in [0.15, 0.2) is 0 Å². The van der Waals surface area contributed by atoms with Crippen LogP contribution >= 0.6 is 0 Å². The molecular weight excluding hydrogens is 296 g/mol. The second-order valence-corrected chi connectivity index (χ2v) is 7.02. The molecule has 0 rings (SSSR count). The number of unbranched alkanes of at least 4 members (excludes halogenated alkanes) is 16. The first-order valence-corrected chi connectivity index (χ1v) is 10.6. The van der Waals surface area contributed by atoms with Crippen molar-refractivity contribution in [2.45, 2.75) is 116 Å². The van der Waals surface area contributed by atoms with Crippen molar-refractivity contribution in [2.75, 3.05) is 7.11 Å². The van der Waals surface area contributed by atoms with Crippen molar-refractivity contribution in [3.63, 3.8) is 0 Å². The van der Waals surface area contributed by atoms with Gasteiger partial charge in [0, 0.05) is 6.08 Å². The summed E-state index contributed by atoms with van der Waals surface area (Å²) in [5.74, 6) is -0.244. The smallest absolute Gasteiger partial charge is 0.330 e. The van der Waals surface area contributed by atoms with Crippen LogP contribution in [0, 0.1) is 0 Å². The molecule has 0 aliphatic heterocycles. The van der Waals surface area contributed by atoms with Crippen LogP contribution in [0.5, 0.6) is 0 Å². The number of hydrogen-bond acceptors (Lipinski definition) is 2. The zero-order valence-electron chi connectivity index (χ0n) is 16.5. The van der Waals surface area contributed by atoms with Crippen LogP contribution in [-0.4, -0.2) is 13.1 Å². The van der Waals surface area contributed by atoms with Crippen molar-refractivity contribution < 1.29 is 9.53 Å². The minimum atomic E-state index is -0.244. The summed E-state index contributed by atoms with van der Waals surface area (Å²) in [6.07, 6.45) is 26.8. The van der Waals surface area contributed by atoms with Gasteiger partial charge in [0.05, 0.1) is 7.11 Å². The Balaban J connectivity index is 3.05. The maximum absolute atomic E-state index is 10.9. The van der Waals surface area contributed by atoms with Gasteiger partial charge >= 0.3 is 5.97 Å². The van der Waals surface area contributed by atoms with E-state index in [2.05, 4.69) is 11.7 Å². The molecule has 0 amide bonds. The van der Waals surface area contributed by atoms with Crippen LogP contribution in [0.3, 0.4) is 0 Å². The van der Waals surface area contributed by atoms with Crippen LogP contribution in [0.4, 0.5) is 0 Å². The number of carbonyl (C=O) groups is 1. The Morgan fingerprint density at radius 1 is 0.667 bits per heavy atom. The average Bonchev–Trinajstić information content (AvgIpc) is 2.60. The number of carbonyl (C=O) groups excluding carboxylic acids is 1. The fraction of sp³-hybridized carbons (Fsp3) is 0.864. The van der Waals surface area contributed by atoms with Crippen molar-refractivity contribution in [3.8, 4) is 0 Å². The van der Waals surface area contributed by atoms with Gasteiger partial charge in [0.1, 0.15) is 0 Å². The van der Waals surface area contributed by atoms with Crippen molar-refractivity contribution in [2.24, 2.45) is 0 Å². The summed E-state index contributed by atoms with van der Waals surface area (Å²) >= 11 is 0. The Morgan fingerprint density at radius 3 is 1.42 bits per heavy atom. The molecule has 2 heteroatoms. The van der Waals surface area contributed by atoms with Gasteiger partial charge in [-0.1, -0.05) is 109 Å². The lowest BCUT2D eigenvalue weighted by Crippen LogP contribution is -1.93. The molecular formula is C22H42O2. The fourth-order valence-corrected chi connectivity index (χ4v) is 3.06. The topological polar surface area (TPSA) is 26.3 Å². The molecule has 0 aromatic heterocycles. The molecule has 0 unspecified atom stereocenters. The van der Waals surface area contributed by atoms with Crippen LogP contribution in [0.25, 0.3) is 0 Å². The fourth-order valence-electron chi connectivity index (χ4n) is 3.06. The number of hydrogen-bond donors (Lipinski definition) is 0. The Bertz CT molecular complexity index is 284. The number of allylic oxidation sites excluding steroid dienone is 1. The van der Waals surface area contributed by atoms with Crippen LogP contribution in [-0.2, 0) is 9.53 Å². The highest BCUT2D eigenvalue weighted by atomic mass is 16.5. The normalized spacial score (nSPS) is 11.2. The molecule has 0 fully saturated rings. The van der Waals surface area contributed by atoms with E-state index in [9.17, 15) is 4.79 Å². The minimum absolute atomic E-state index is 0.244.